The smallest absolute Gasteiger partial charge is 0.371 e. The summed E-state index contributed by atoms with van der Waals surface area (Å²) in [5.41, 5.74) is 1.32. The number of hydrogen-bond acceptors (Lipinski definition) is 4. The minimum atomic E-state index is -3.90. The molecule has 21 heavy (non-hydrogen) atoms. The van der Waals surface area contributed by atoms with Crippen molar-refractivity contribution in [3.63, 3.8) is 0 Å². The van der Waals surface area contributed by atoms with E-state index in [0.29, 0.717) is 12.1 Å². The summed E-state index contributed by atoms with van der Waals surface area (Å²) in [5, 5.41) is 8.85. The van der Waals surface area contributed by atoms with Crippen molar-refractivity contribution in [3.05, 3.63) is 47.4 Å². The van der Waals surface area contributed by atoms with E-state index in [9.17, 15) is 13.2 Å². The lowest BCUT2D eigenvalue weighted by Crippen LogP contribution is -2.14. The number of benzene rings is 1. The second-order valence-electron chi connectivity index (χ2n) is 4.45. The van der Waals surface area contributed by atoms with Crippen molar-refractivity contribution < 1.29 is 22.7 Å². The van der Waals surface area contributed by atoms with Crippen LogP contribution in [0.2, 0.25) is 0 Å². The van der Waals surface area contributed by atoms with Crippen LogP contribution in [-0.4, -0.2) is 19.5 Å². The Bertz CT molecular complexity index is 776. The minimum Gasteiger partial charge on any atom is -0.475 e. The Labute approximate surface area is 122 Å². The molecule has 7 heteroatoms. The number of nitrogens with one attached hydrogen (secondary N) is 1. The highest BCUT2D eigenvalue weighted by atomic mass is 32.2. The average Bonchev–Trinajstić information content (AvgIpc) is 2.82. The summed E-state index contributed by atoms with van der Waals surface area (Å²) < 4.78 is 32.1. The molecule has 0 atom stereocenters. The van der Waals surface area contributed by atoms with Crippen LogP contribution in [0.15, 0.2) is 39.6 Å². The van der Waals surface area contributed by atoms with Gasteiger partial charge < -0.3 is 9.52 Å². The van der Waals surface area contributed by atoms with Crippen molar-refractivity contribution in [3.8, 4) is 0 Å². The number of carbonyl (C=O) groups is 1. The molecule has 112 valence electrons. The summed E-state index contributed by atoms with van der Waals surface area (Å²) in [7, 11) is -3.90. The van der Waals surface area contributed by atoms with Gasteiger partial charge in [0.05, 0.1) is 5.69 Å². The number of aromatic carboxylic acids is 1. The molecule has 6 nitrogen and oxygen atoms in total. The van der Waals surface area contributed by atoms with Crippen LogP contribution in [0.4, 0.5) is 5.69 Å². The molecule has 2 aromatic rings. The monoisotopic (exact) mass is 309 g/mol. The highest BCUT2D eigenvalue weighted by Crippen LogP contribution is 2.24. The van der Waals surface area contributed by atoms with Crippen LogP contribution >= 0.6 is 0 Å². The molecule has 0 amide bonds. The molecule has 2 rings (SSSR count). The number of hydrogen-bond donors (Lipinski definition) is 2. The van der Waals surface area contributed by atoms with Gasteiger partial charge in [-0.1, -0.05) is 25.1 Å². The summed E-state index contributed by atoms with van der Waals surface area (Å²) in [6.07, 6.45) is 0.670. The van der Waals surface area contributed by atoms with Gasteiger partial charge in [0.25, 0.3) is 10.0 Å². The normalized spacial score (nSPS) is 11.3. The largest absolute Gasteiger partial charge is 0.475 e. The fraction of sp³-hybridized carbons (Fsp3) is 0.214. The van der Waals surface area contributed by atoms with E-state index in [0.717, 1.165) is 11.6 Å². The number of carboxylic acids is 1. The van der Waals surface area contributed by atoms with Gasteiger partial charge in [-0.05, 0) is 25.0 Å². The third-order valence-corrected chi connectivity index (χ3v) is 4.49. The van der Waals surface area contributed by atoms with Crippen molar-refractivity contribution in [2.75, 3.05) is 4.72 Å². The first kappa shape index (κ1) is 15.1. The molecule has 0 saturated heterocycles. The Kier molecular flexibility index (Phi) is 4.04. The lowest BCUT2D eigenvalue weighted by molar-refractivity contribution is 0.0661. The van der Waals surface area contributed by atoms with Crippen LogP contribution in [0.3, 0.4) is 0 Å². The van der Waals surface area contributed by atoms with Crippen LogP contribution in [0.1, 0.15) is 28.8 Å². The lowest BCUT2D eigenvalue weighted by atomic mass is 10.1. The molecule has 0 aliphatic heterocycles. The van der Waals surface area contributed by atoms with E-state index in [1.165, 1.54) is 6.92 Å². The van der Waals surface area contributed by atoms with Crippen LogP contribution < -0.4 is 4.72 Å². The molecule has 0 spiro atoms. The molecule has 1 aromatic carbocycles. The Morgan fingerprint density at radius 2 is 2.00 bits per heavy atom. The first-order valence-corrected chi connectivity index (χ1v) is 7.78. The number of carboxylic acid groups (broad SMARTS) is 1. The van der Waals surface area contributed by atoms with E-state index in [1.807, 2.05) is 19.1 Å². The van der Waals surface area contributed by atoms with Gasteiger partial charge in [0.15, 0.2) is 0 Å². The summed E-state index contributed by atoms with van der Waals surface area (Å²) in [4.78, 5) is 10.7. The van der Waals surface area contributed by atoms with Gasteiger partial charge in [-0.2, -0.15) is 0 Å². The molecule has 0 saturated carbocycles. The van der Waals surface area contributed by atoms with Crippen LogP contribution in [-0.2, 0) is 16.4 Å². The Morgan fingerprint density at radius 1 is 1.33 bits per heavy atom. The molecule has 1 heterocycles. The van der Waals surface area contributed by atoms with E-state index in [4.69, 9.17) is 9.52 Å². The topological polar surface area (TPSA) is 96.6 Å². The minimum absolute atomic E-state index is 0.0360. The summed E-state index contributed by atoms with van der Waals surface area (Å²) in [5.74, 6) is -1.68. The maximum Gasteiger partial charge on any atom is 0.371 e. The number of sulfonamides is 1. The second-order valence-corrected chi connectivity index (χ2v) is 6.10. The van der Waals surface area contributed by atoms with Gasteiger partial charge in [0.2, 0.25) is 5.76 Å². The van der Waals surface area contributed by atoms with Crippen molar-refractivity contribution in [1.82, 2.24) is 0 Å². The Morgan fingerprint density at radius 3 is 2.57 bits per heavy atom. The van der Waals surface area contributed by atoms with Gasteiger partial charge in [0, 0.05) is 6.07 Å². The first-order valence-electron chi connectivity index (χ1n) is 6.29. The fourth-order valence-corrected chi connectivity index (χ4v) is 3.25. The third-order valence-electron chi connectivity index (χ3n) is 3.02. The van der Waals surface area contributed by atoms with Crippen molar-refractivity contribution in [1.29, 1.82) is 0 Å². The summed E-state index contributed by atoms with van der Waals surface area (Å²) in [6.45, 7) is 3.32. The highest BCUT2D eigenvalue weighted by molar-refractivity contribution is 7.92. The molecule has 0 fully saturated rings. The number of furan rings is 1. The maximum atomic E-state index is 12.4. The maximum absolute atomic E-state index is 12.4. The molecule has 0 unspecified atom stereocenters. The number of anilines is 1. The zero-order chi connectivity index (χ0) is 15.6. The molecular formula is C14H15NO5S. The van der Waals surface area contributed by atoms with Gasteiger partial charge >= 0.3 is 5.97 Å². The molecular weight excluding hydrogens is 294 g/mol. The van der Waals surface area contributed by atoms with Crippen LogP contribution in [0.5, 0.6) is 0 Å². The van der Waals surface area contributed by atoms with E-state index in [1.54, 1.807) is 12.1 Å². The van der Waals surface area contributed by atoms with Crippen molar-refractivity contribution in [2.45, 2.75) is 25.2 Å². The molecule has 0 aliphatic carbocycles. The van der Waals surface area contributed by atoms with Gasteiger partial charge in [0.1, 0.15) is 10.7 Å². The number of para-hydroxylation sites is 1. The lowest BCUT2D eigenvalue weighted by Gasteiger charge is -2.10. The predicted octanol–water partition coefficient (Wildman–Crippen LogP) is 2.65. The van der Waals surface area contributed by atoms with Crippen molar-refractivity contribution >= 4 is 21.7 Å². The standard InChI is InChI=1S/C14H15NO5S/c1-3-10-6-4-5-7-11(10)15-21(18,19)13-8-12(14(16)17)20-9(13)2/h4-8,15H,3H2,1-2H3,(H,16,17). The zero-order valence-corrected chi connectivity index (χ0v) is 12.4. The summed E-state index contributed by atoms with van der Waals surface area (Å²) in [6, 6.07) is 8.03. The average molecular weight is 309 g/mol. The highest BCUT2D eigenvalue weighted by Gasteiger charge is 2.24. The molecule has 2 N–H and O–H groups in total. The Balaban J connectivity index is 2.41. The number of aryl methyl sites for hydroxylation is 2. The van der Waals surface area contributed by atoms with Crippen LogP contribution in [0.25, 0.3) is 0 Å². The van der Waals surface area contributed by atoms with E-state index in [-0.39, 0.29) is 10.7 Å². The van der Waals surface area contributed by atoms with Gasteiger partial charge in [-0.15, -0.1) is 0 Å². The predicted molar refractivity (Wildman–Crippen MR) is 77.0 cm³/mol. The fourth-order valence-electron chi connectivity index (χ4n) is 1.97. The quantitative estimate of drug-likeness (QED) is 0.885. The third kappa shape index (κ3) is 3.08. The van der Waals surface area contributed by atoms with E-state index >= 15 is 0 Å². The van der Waals surface area contributed by atoms with Crippen LogP contribution in [0, 0.1) is 6.92 Å². The number of rotatable bonds is 5. The SMILES string of the molecule is CCc1ccccc1NS(=O)(=O)c1cc(C(=O)O)oc1C. The van der Waals surface area contributed by atoms with E-state index in [2.05, 4.69) is 4.72 Å². The first-order chi connectivity index (χ1) is 9.85. The van der Waals surface area contributed by atoms with E-state index < -0.39 is 21.8 Å². The van der Waals surface area contributed by atoms with Gasteiger partial charge in [-0.25, -0.2) is 13.2 Å². The molecule has 0 bridgehead atoms. The molecule has 0 radical (unpaired) electrons. The van der Waals surface area contributed by atoms with Crippen molar-refractivity contribution in [2.24, 2.45) is 0 Å². The zero-order valence-electron chi connectivity index (χ0n) is 11.6. The molecule has 1 aromatic heterocycles. The second kappa shape index (κ2) is 5.61. The Hall–Kier alpha value is -2.28. The summed E-state index contributed by atoms with van der Waals surface area (Å²) >= 11 is 0. The molecule has 0 aliphatic rings. The van der Waals surface area contributed by atoms with Gasteiger partial charge in [-0.3, -0.25) is 4.72 Å².